The highest BCUT2D eigenvalue weighted by Gasteiger charge is 2.34. The molecule has 2 nitrogen and oxygen atoms in total. The summed E-state index contributed by atoms with van der Waals surface area (Å²) in [5.41, 5.74) is 5.23. The molecular formula is C13H11F4NO. The van der Waals surface area contributed by atoms with Crippen molar-refractivity contribution >= 4 is 0 Å². The maximum Gasteiger partial charge on any atom is 0.416 e. The van der Waals surface area contributed by atoms with Gasteiger partial charge in [-0.05, 0) is 41.8 Å². The van der Waals surface area contributed by atoms with Gasteiger partial charge in [0.2, 0.25) is 0 Å². The summed E-state index contributed by atoms with van der Waals surface area (Å²) < 4.78 is 56.4. The topological polar surface area (TPSA) is 39.2 Å². The van der Waals surface area contributed by atoms with Crippen LogP contribution in [-0.4, -0.2) is 0 Å². The average Bonchev–Trinajstić information content (AvgIpc) is 2.80. The van der Waals surface area contributed by atoms with Gasteiger partial charge in [0, 0.05) is 6.04 Å². The first kappa shape index (κ1) is 13.6. The lowest BCUT2D eigenvalue weighted by Gasteiger charge is -2.18. The predicted molar refractivity (Wildman–Crippen MR) is 60.7 cm³/mol. The van der Waals surface area contributed by atoms with Gasteiger partial charge in [0.15, 0.2) is 0 Å². The molecule has 1 unspecified atom stereocenters. The maximum absolute atomic E-state index is 13.1. The minimum absolute atomic E-state index is 0.142. The molecule has 1 heterocycles. The molecule has 1 aromatic carbocycles. The Bertz CT molecular complexity index is 548. The molecule has 2 rings (SSSR count). The van der Waals surface area contributed by atoms with Gasteiger partial charge in [0.25, 0.3) is 0 Å². The number of nitrogens with two attached hydrogens (primary N) is 1. The Labute approximate surface area is 106 Å². The van der Waals surface area contributed by atoms with Crippen LogP contribution >= 0.6 is 0 Å². The van der Waals surface area contributed by atoms with E-state index < -0.39 is 23.6 Å². The number of benzene rings is 1. The van der Waals surface area contributed by atoms with Gasteiger partial charge in [0.05, 0.1) is 18.1 Å². The van der Waals surface area contributed by atoms with Gasteiger partial charge in [-0.15, -0.1) is 0 Å². The highest BCUT2D eigenvalue weighted by molar-refractivity contribution is 5.34. The molecule has 0 aliphatic rings. The highest BCUT2D eigenvalue weighted by atomic mass is 19.4. The second-order valence-corrected chi connectivity index (χ2v) is 4.17. The fraction of sp³-hybridized carbons (Fsp3) is 0.231. The Morgan fingerprint density at radius 2 is 1.95 bits per heavy atom. The van der Waals surface area contributed by atoms with Crippen LogP contribution < -0.4 is 5.73 Å². The number of hydrogen-bond donors (Lipinski definition) is 1. The fourth-order valence-corrected chi connectivity index (χ4v) is 1.87. The molecule has 19 heavy (non-hydrogen) atoms. The smallest absolute Gasteiger partial charge is 0.416 e. The predicted octanol–water partition coefficient (Wildman–Crippen LogP) is 3.68. The summed E-state index contributed by atoms with van der Waals surface area (Å²) in [6, 6.07) is 2.96. The van der Waals surface area contributed by atoms with Gasteiger partial charge >= 0.3 is 6.18 Å². The Morgan fingerprint density at radius 1 is 1.21 bits per heavy atom. The Morgan fingerprint density at radius 3 is 2.53 bits per heavy atom. The molecule has 1 atom stereocenters. The monoisotopic (exact) mass is 273 g/mol. The molecule has 6 heteroatoms. The van der Waals surface area contributed by atoms with Crippen molar-refractivity contribution < 1.29 is 22.0 Å². The van der Waals surface area contributed by atoms with E-state index in [0.29, 0.717) is 11.6 Å². The van der Waals surface area contributed by atoms with Crippen molar-refractivity contribution in [1.82, 2.24) is 0 Å². The zero-order chi connectivity index (χ0) is 14.0. The quantitative estimate of drug-likeness (QED) is 0.866. The lowest BCUT2D eigenvalue weighted by atomic mass is 9.96. The Kier molecular flexibility index (Phi) is 3.61. The Hall–Kier alpha value is -1.82. The molecule has 0 fully saturated rings. The van der Waals surface area contributed by atoms with Gasteiger partial charge in [0.1, 0.15) is 5.82 Å². The summed E-state index contributed by atoms with van der Waals surface area (Å²) >= 11 is 0. The van der Waals surface area contributed by atoms with Crippen molar-refractivity contribution in [3.8, 4) is 0 Å². The lowest BCUT2D eigenvalue weighted by Crippen LogP contribution is -2.19. The minimum Gasteiger partial charge on any atom is -0.472 e. The first-order valence-corrected chi connectivity index (χ1v) is 5.51. The van der Waals surface area contributed by atoms with E-state index in [9.17, 15) is 17.6 Å². The molecule has 0 saturated carbocycles. The Balaban J connectivity index is 2.34. The van der Waals surface area contributed by atoms with Crippen LogP contribution in [0.4, 0.5) is 17.6 Å². The summed E-state index contributed by atoms with van der Waals surface area (Å²) in [6.45, 7) is 0. The maximum atomic E-state index is 13.1. The molecule has 0 aliphatic carbocycles. The summed E-state index contributed by atoms with van der Waals surface area (Å²) in [4.78, 5) is 0. The van der Waals surface area contributed by atoms with E-state index in [1.165, 1.54) is 12.5 Å². The van der Waals surface area contributed by atoms with Crippen molar-refractivity contribution in [2.75, 3.05) is 0 Å². The van der Waals surface area contributed by atoms with Crippen molar-refractivity contribution in [3.05, 3.63) is 59.3 Å². The van der Waals surface area contributed by atoms with E-state index in [-0.39, 0.29) is 12.0 Å². The number of halogens is 4. The number of alkyl halides is 3. The number of furan rings is 1. The van der Waals surface area contributed by atoms with Gasteiger partial charge in [-0.1, -0.05) is 0 Å². The standard InChI is InChI=1S/C13H11F4NO/c14-9-1-2-11(13(15,16)17)10(6-9)12(18)5-8-3-4-19-7-8/h1-4,6-7,12H,5,18H2. The first-order valence-electron chi connectivity index (χ1n) is 5.51. The van der Waals surface area contributed by atoms with E-state index >= 15 is 0 Å². The molecule has 0 amide bonds. The summed E-state index contributed by atoms with van der Waals surface area (Å²) in [7, 11) is 0. The summed E-state index contributed by atoms with van der Waals surface area (Å²) in [6.07, 6.45) is -1.62. The summed E-state index contributed by atoms with van der Waals surface area (Å²) in [5, 5.41) is 0. The lowest BCUT2D eigenvalue weighted by molar-refractivity contribution is -0.138. The molecule has 0 radical (unpaired) electrons. The van der Waals surface area contributed by atoms with E-state index in [4.69, 9.17) is 10.2 Å². The van der Waals surface area contributed by atoms with Crippen molar-refractivity contribution in [3.63, 3.8) is 0 Å². The van der Waals surface area contributed by atoms with Crippen LogP contribution in [0, 0.1) is 5.82 Å². The average molecular weight is 273 g/mol. The van der Waals surface area contributed by atoms with Crippen LogP contribution in [0.1, 0.15) is 22.7 Å². The molecule has 1 aromatic heterocycles. The highest BCUT2D eigenvalue weighted by Crippen LogP contribution is 2.35. The van der Waals surface area contributed by atoms with Gasteiger partial charge in [-0.3, -0.25) is 0 Å². The van der Waals surface area contributed by atoms with E-state index in [1.807, 2.05) is 0 Å². The first-order chi connectivity index (χ1) is 8.88. The molecule has 0 saturated heterocycles. The SMILES string of the molecule is NC(Cc1ccoc1)c1cc(F)ccc1C(F)(F)F. The molecule has 0 aliphatic heterocycles. The molecule has 0 spiro atoms. The molecule has 2 aromatic rings. The van der Waals surface area contributed by atoms with Crippen LogP contribution in [0.2, 0.25) is 0 Å². The van der Waals surface area contributed by atoms with Crippen molar-refractivity contribution in [2.24, 2.45) is 5.73 Å². The van der Waals surface area contributed by atoms with Crippen molar-refractivity contribution in [1.29, 1.82) is 0 Å². The zero-order valence-electron chi connectivity index (χ0n) is 9.75. The van der Waals surface area contributed by atoms with Gasteiger partial charge in [-0.25, -0.2) is 4.39 Å². The van der Waals surface area contributed by atoms with Gasteiger partial charge < -0.3 is 10.2 Å². The van der Waals surface area contributed by atoms with E-state index in [0.717, 1.165) is 12.1 Å². The molecule has 2 N–H and O–H groups in total. The minimum atomic E-state index is -4.56. The molecule has 0 bridgehead atoms. The fourth-order valence-electron chi connectivity index (χ4n) is 1.87. The van der Waals surface area contributed by atoms with Crippen LogP contribution in [0.3, 0.4) is 0 Å². The molecule has 102 valence electrons. The summed E-state index contributed by atoms with van der Waals surface area (Å²) in [5.74, 6) is -0.745. The van der Waals surface area contributed by atoms with Crippen LogP contribution in [0.15, 0.2) is 41.2 Å². The largest absolute Gasteiger partial charge is 0.472 e. The van der Waals surface area contributed by atoms with Crippen molar-refractivity contribution in [2.45, 2.75) is 18.6 Å². The van der Waals surface area contributed by atoms with Crippen LogP contribution in [-0.2, 0) is 12.6 Å². The van der Waals surface area contributed by atoms with Crippen LogP contribution in [0.25, 0.3) is 0 Å². The van der Waals surface area contributed by atoms with E-state index in [1.54, 1.807) is 6.07 Å². The van der Waals surface area contributed by atoms with Gasteiger partial charge in [-0.2, -0.15) is 13.2 Å². The number of hydrogen-bond acceptors (Lipinski definition) is 2. The second kappa shape index (κ2) is 5.05. The third kappa shape index (κ3) is 3.14. The second-order valence-electron chi connectivity index (χ2n) is 4.17. The zero-order valence-corrected chi connectivity index (χ0v) is 9.75. The van der Waals surface area contributed by atoms with Crippen LogP contribution in [0.5, 0.6) is 0 Å². The van der Waals surface area contributed by atoms with E-state index in [2.05, 4.69) is 0 Å². The normalized spacial score (nSPS) is 13.5. The third-order valence-corrected chi connectivity index (χ3v) is 2.75. The molecular weight excluding hydrogens is 262 g/mol. The number of rotatable bonds is 3. The third-order valence-electron chi connectivity index (χ3n) is 2.75.